The highest BCUT2D eigenvalue weighted by molar-refractivity contribution is 7.09. The van der Waals surface area contributed by atoms with E-state index in [1.165, 1.54) is 11.3 Å². The number of nitrogens with one attached hydrogen (secondary N) is 1. The number of rotatable bonds is 6. The Morgan fingerprint density at radius 3 is 2.50 bits per heavy atom. The summed E-state index contributed by atoms with van der Waals surface area (Å²) < 4.78 is 0. The zero-order valence-corrected chi connectivity index (χ0v) is 13.3. The van der Waals surface area contributed by atoms with Crippen LogP contribution in [-0.4, -0.2) is 22.0 Å². The molecule has 2 aromatic rings. The highest BCUT2D eigenvalue weighted by Gasteiger charge is 2.25. The van der Waals surface area contributed by atoms with Crippen LogP contribution in [-0.2, 0) is 16.8 Å². The molecular weight excluding hydrogens is 300 g/mol. The fourth-order valence-electron chi connectivity index (χ4n) is 2.07. The largest absolute Gasteiger partial charge is 0.478 e. The lowest BCUT2D eigenvalue weighted by atomic mass is 10.0. The average Bonchev–Trinajstić information content (AvgIpc) is 3.00. The Balaban J connectivity index is 1.89. The molecule has 1 heterocycles. The molecule has 0 unspecified atom stereocenters. The van der Waals surface area contributed by atoms with Crippen LogP contribution in [0.1, 0.15) is 41.2 Å². The summed E-state index contributed by atoms with van der Waals surface area (Å²) in [6.45, 7) is 3.84. The number of carbonyl (C=O) groups is 2. The topological polar surface area (TPSA) is 79.3 Å². The highest BCUT2D eigenvalue weighted by atomic mass is 32.1. The lowest BCUT2D eigenvalue weighted by Crippen LogP contribution is -2.41. The van der Waals surface area contributed by atoms with E-state index in [2.05, 4.69) is 10.3 Å². The van der Waals surface area contributed by atoms with E-state index in [-0.39, 0.29) is 11.5 Å². The third-order valence-electron chi connectivity index (χ3n) is 3.26. The highest BCUT2D eigenvalue weighted by Crippen LogP contribution is 2.22. The molecule has 22 heavy (non-hydrogen) atoms. The van der Waals surface area contributed by atoms with E-state index in [0.29, 0.717) is 12.8 Å². The Labute approximate surface area is 133 Å². The molecule has 2 rings (SSSR count). The second-order valence-electron chi connectivity index (χ2n) is 5.51. The molecule has 0 radical (unpaired) electrons. The number of carbonyl (C=O) groups excluding carboxylic acids is 1. The van der Waals surface area contributed by atoms with Gasteiger partial charge in [0, 0.05) is 18.0 Å². The molecule has 1 aromatic heterocycles. The van der Waals surface area contributed by atoms with Crippen LogP contribution in [0.5, 0.6) is 0 Å². The quantitative estimate of drug-likeness (QED) is 0.858. The summed E-state index contributed by atoms with van der Waals surface area (Å²) in [7, 11) is 0. The van der Waals surface area contributed by atoms with E-state index < -0.39 is 11.5 Å². The number of nitrogens with zero attached hydrogens (tertiary/aromatic N) is 1. The zero-order chi connectivity index (χ0) is 16.2. The van der Waals surface area contributed by atoms with Crippen LogP contribution in [0, 0.1) is 0 Å². The maximum absolute atomic E-state index is 12.1. The number of hydrogen-bond acceptors (Lipinski definition) is 4. The van der Waals surface area contributed by atoms with E-state index in [4.69, 9.17) is 5.11 Å². The first-order valence-corrected chi connectivity index (χ1v) is 7.79. The lowest BCUT2D eigenvalue weighted by molar-refractivity contribution is -0.122. The molecular formula is C16H18N2O3S. The lowest BCUT2D eigenvalue weighted by Gasteiger charge is -2.23. The van der Waals surface area contributed by atoms with Gasteiger partial charge in [0.25, 0.3) is 0 Å². The minimum absolute atomic E-state index is 0.0532. The molecule has 0 atom stereocenters. The van der Waals surface area contributed by atoms with E-state index in [0.717, 1.165) is 10.6 Å². The van der Waals surface area contributed by atoms with Crippen molar-refractivity contribution in [3.8, 4) is 0 Å². The van der Waals surface area contributed by atoms with Gasteiger partial charge in [-0.05, 0) is 38.0 Å². The van der Waals surface area contributed by atoms with Crippen molar-refractivity contribution < 1.29 is 14.7 Å². The predicted octanol–water partition coefficient (Wildman–Crippen LogP) is 2.83. The van der Waals surface area contributed by atoms with Gasteiger partial charge in [0.05, 0.1) is 11.1 Å². The van der Waals surface area contributed by atoms with Gasteiger partial charge in [0.2, 0.25) is 5.91 Å². The van der Waals surface area contributed by atoms with Gasteiger partial charge >= 0.3 is 5.97 Å². The molecule has 0 bridgehead atoms. The molecule has 0 saturated carbocycles. The first-order valence-electron chi connectivity index (χ1n) is 6.92. The third kappa shape index (κ3) is 4.14. The van der Waals surface area contributed by atoms with Gasteiger partial charge in [0.1, 0.15) is 5.01 Å². The van der Waals surface area contributed by atoms with E-state index in [1.54, 1.807) is 30.5 Å². The molecule has 2 N–H and O–H groups in total. The second-order valence-corrected chi connectivity index (χ2v) is 6.41. The number of aromatic nitrogens is 1. The molecule has 6 heteroatoms. The number of aryl methyl sites for hydroxylation is 1. The smallest absolute Gasteiger partial charge is 0.335 e. The number of carboxylic acid groups (broad SMARTS) is 1. The molecule has 0 aliphatic rings. The molecule has 0 saturated heterocycles. The summed E-state index contributed by atoms with van der Waals surface area (Å²) in [6, 6.07) is 6.58. The molecule has 0 aliphatic carbocycles. The van der Waals surface area contributed by atoms with Crippen molar-refractivity contribution in [2.24, 2.45) is 0 Å². The fourth-order valence-corrected chi connectivity index (χ4v) is 2.79. The van der Waals surface area contributed by atoms with Crippen LogP contribution in [0.3, 0.4) is 0 Å². The van der Waals surface area contributed by atoms with Crippen LogP contribution in [0.25, 0.3) is 0 Å². The maximum atomic E-state index is 12.1. The van der Waals surface area contributed by atoms with Crippen molar-refractivity contribution in [1.82, 2.24) is 10.3 Å². The normalized spacial score (nSPS) is 11.2. The molecule has 0 fully saturated rings. The second kappa shape index (κ2) is 6.70. The predicted molar refractivity (Wildman–Crippen MR) is 85.0 cm³/mol. The van der Waals surface area contributed by atoms with Crippen molar-refractivity contribution in [2.45, 2.75) is 32.2 Å². The number of thiazole rings is 1. The molecule has 0 spiro atoms. The van der Waals surface area contributed by atoms with Crippen molar-refractivity contribution in [2.75, 3.05) is 0 Å². The monoisotopic (exact) mass is 318 g/mol. The van der Waals surface area contributed by atoms with E-state index >= 15 is 0 Å². The van der Waals surface area contributed by atoms with Crippen molar-refractivity contribution >= 4 is 23.2 Å². The van der Waals surface area contributed by atoms with Gasteiger partial charge in [0.15, 0.2) is 0 Å². The van der Waals surface area contributed by atoms with Crippen molar-refractivity contribution in [3.63, 3.8) is 0 Å². The molecule has 5 nitrogen and oxygen atoms in total. The fraction of sp³-hybridized carbons (Fsp3) is 0.312. The third-order valence-corrected chi connectivity index (χ3v) is 4.36. The zero-order valence-electron chi connectivity index (χ0n) is 12.5. The van der Waals surface area contributed by atoms with Crippen molar-refractivity contribution in [3.05, 3.63) is 52.0 Å². The van der Waals surface area contributed by atoms with Crippen molar-refractivity contribution in [1.29, 1.82) is 0 Å². The minimum Gasteiger partial charge on any atom is -0.478 e. The van der Waals surface area contributed by atoms with Gasteiger partial charge in [-0.15, -0.1) is 11.3 Å². The van der Waals surface area contributed by atoms with Gasteiger partial charge in [-0.2, -0.15) is 0 Å². The van der Waals surface area contributed by atoms with Crippen LogP contribution >= 0.6 is 11.3 Å². The minimum atomic E-state index is -0.950. The standard InChI is InChI=1S/C16H18N2O3S/c1-16(2,15-17-9-10-22-15)18-13(19)8-5-11-3-6-12(7-4-11)14(20)21/h3-4,6-7,9-10H,5,8H2,1-2H3,(H,18,19)(H,20,21). The van der Waals surface area contributed by atoms with Crippen LogP contribution in [0.2, 0.25) is 0 Å². The summed E-state index contributed by atoms with van der Waals surface area (Å²) in [5.74, 6) is -1.00. The number of benzene rings is 1. The van der Waals surface area contributed by atoms with Gasteiger partial charge in [-0.1, -0.05) is 12.1 Å². The molecule has 116 valence electrons. The molecule has 1 aromatic carbocycles. The Hall–Kier alpha value is -2.21. The summed E-state index contributed by atoms with van der Waals surface area (Å²) in [4.78, 5) is 27.1. The maximum Gasteiger partial charge on any atom is 0.335 e. The summed E-state index contributed by atoms with van der Waals surface area (Å²) in [6.07, 6.45) is 2.64. The number of amides is 1. The first-order chi connectivity index (χ1) is 10.4. The number of hydrogen-bond donors (Lipinski definition) is 2. The van der Waals surface area contributed by atoms with Crippen LogP contribution in [0.15, 0.2) is 35.8 Å². The SMILES string of the molecule is CC(C)(NC(=O)CCc1ccc(C(=O)O)cc1)c1nccs1. The van der Waals surface area contributed by atoms with Gasteiger partial charge in [-0.3, -0.25) is 4.79 Å². The number of carboxylic acids is 1. The first kappa shape index (κ1) is 16.2. The van der Waals surface area contributed by atoms with Crippen LogP contribution in [0.4, 0.5) is 0 Å². The van der Waals surface area contributed by atoms with Gasteiger partial charge < -0.3 is 10.4 Å². The Morgan fingerprint density at radius 1 is 1.27 bits per heavy atom. The van der Waals surface area contributed by atoms with Gasteiger partial charge in [-0.25, -0.2) is 9.78 Å². The Morgan fingerprint density at radius 2 is 1.95 bits per heavy atom. The van der Waals surface area contributed by atoms with E-state index in [1.807, 2.05) is 19.2 Å². The summed E-state index contributed by atoms with van der Waals surface area (Å²) in [5.41, 5.74) is 0.698. The van der Waals surface area contributed by atoms with Crippen LogP contribution < -0.4 is 5.32 Å². The summed E-state index contributed by atoms with van der Waals surface area (Å²) in [5, 5.41) is 14.6. The average molecular weight is 318 g/mol. The summed E-state index contributed by atoms with van der Waals surface area (Å²) >= 11 is 1.51. The Bertz CT molecular complexity index is 649. The van der Waals surface area contributed by atoms with E-state index in [9.17, 15) is 9.59 Å². The molecule has 0 aliphatic heterocycles. The molecule has 1 amide bonds. The number of aromatic carboxylic acids is 1. The Kier molecular flexibility index (Phi) is 4.92.